The third-order valence-corrected chi connectivity index (χ3v) is 9.09. The summed E-state index contributed by atoms with van der Waals surface area (Å²) in [7, 11) is 0. The van der Waals surface area contributed by atoms with Crippen LogP contribution < -0.4 is 0 Å². The Balaban J connectivity index is 1.16. The molecule has 0 aliphatic rings. The fraction of sp³-hybridized carbons (Fsp3) is 0. The quantitative estimate of drug-likeness (QED) is 0.162. The number of allylic oxidation sites excluding steroid dienone is 4. The monoisotopic (exact) mass is 643 g/mol. The van der Waals surface area contributed by atoms with E-state index < -0.39 is 0 Å². The molecule has 9 aromatic rings. The molecule has 3 aromatic heterocycles. The van der Waals surface area contributed by atoms with E-state index in [9.17, 15) is 0 Å². The molecule has 3 heterocycles. The minimum Gasteiger partial charge on any atom is -0.456 e. The maximum absolute atomic E-state index is 6.57. The van der Waals surface area contributed by atoms with Crippen LogP contribution in [0.4, 0.5) is 0 Å². The van der Waals surface area contributed by atoms with Crippen LogP contribution in [0.3, 0.4) is 0 Å². The van der Waals surface area contributed by atoms with Gasteiger partial charge in [0.05, 0.1) is 0 Å². The molecule has 0 bridgehead atoms. The highest BCUT2D eigenvalue weighted by atomic mass is 16.3. The van der Waals surface area contributed by atoms with Crippen molar-refractivity contribution in [3.05, 3.63) is 170 Å². The fourth-order valence-electron chi connectivity index (χ4n) is 6.64. The first kappa shape index (κ1) is 29.3. The number of hydrogen-bond donors (Lipinski definition) is 0. The molecule has 5 heteroatoms. The molecule has 9 rings (SSSR count). The SMILES string of the molecule is C=C/C=C(\C=C)c1ccc(-c2nc(-c3ccccc3)nc(-c3cccc(-c4cccc5c4oc4cc6oc7ccccc7c6cc45)c3)n2)cc1. The summed E-state index contributed by atoms with van der Waals surface area (Å²) in [6, 6.07) is 45.0. The second kappa shape index (κ2) is 12.0. The predicted molar refractivity (Wildman–Crippen MR) is 204 cm³/mol. The summed E-state index contributed by atoms with van der Waals surface area (Å²) in [5, 5.41) is 4.27. The van der Waals surface area contributed by atoms with Gasteiger partial charge in [0.2, 0.25) is 0 Å². The molecule has 0 saturated heterocycles. The molecule has 50 heavy (non-hydrogen) atoms. The highest BCUT2D eigenvalue weighted by Gasteiger charge is 2.18. The molecule has 0 atom stereocenters. The van der Waals surface area contributed by atoms with E-state index >= 15 is 0 Å². The van der Waals surface area contributed by atoms with Crippen LogP contribution in [0.1, 0.15) is 5.56 Å². The molecule has 0 aliphatic carbocycles. The molecule has 0 N–H and O–H groups in total. The van der Waals surface area contributed by atoms with Crippen LogP contribution in [-0.2, 0) is 0 Å². The van der Waals surface area contributed by atoms with Crippen molar-refractivity contribution in [1.29, 1.82) is 0 Å². The van der Waals surface area contributed by atoms with Gasteiger partial charge in [-0.2, -0.15) is 0 Å². The minimum atomic E-state index is 0.585. The fourth-order valence-corrected chi connectivity index (χ4v) is 6.64. The third-order valence-electron chi connectivity index (χ3n) is 9.09. The standard InChI is InChI=1S/C45H29N3O2/c1-3-12-28(4-2)29-21-23-31(24-22-29)44-46-43(30-13-6-5-7-14-30)47-45(48-44)33-16-10-15-32(25-33)34-18-11-19-36-38-26-37-35-17-8-9-20-39(35)49-40(37)27-41(38)50-42(34)36/h3-27H,1-2H2/b28-12+. The zero-order chi connectivity index (χ0) is 33.6. The molecule has 6 aromatic carbocycles. The van der Waals surface area contributed by atoms with Gasteiger partial charge in [0.15, 0.2) is 17.5 Å². The highest BCUT2D eigenvalue weighted by Crippen LogP contribution is 2.40. The molecule has 5 nitrogen and oxygen atoms in total. The Kier molecular flexibility index (Phi) is 7.03. The normalized spacial score (nSPS) is 11.9. The van der Waals surface area contributed by atoms with Gasteiger partial charge in [-0.3, -0.25) is 0 Å². The van der Waals surface area contributed by atoms with Crippen LogP contribution >= 0.6 is 0 Å². The average Bonchev–Trinajstić information content (AvgIpc) is 3.73. The van der Waals surface area contributed by atoms with Crippen molar-refractivity contribution in [3.63, 3.8) is 0 Å². The molecule has 0 radical (unpaired) electrons. The number of furan rings is 2. The van der Waals surface area contributed by atoms with E-state index in [4.69, 9.17) is 23.8 Å². The predicted octanol–water partition coefficient (Wildman–Crippen LogP) is 12.1. The van der Waals surface area contributed by atoms with Crippen LogP contribution in [0, 0.1) is 0 Å². The van der Waals surface area contributed by atoms with Gasteiger partial charge in [-0.15, -0.1) is 0 Å². The first-order valence-corrected chi connectivity index (χ1v) is 16.4. The van der Waals surface area contributed by atoms with Crippen LogP contribution in [-0.4, -0.2) is 15.0 Å². The number of fused-ring (bicyclic) bond motifs is 6. The number of para-hydroxylation sites is 2. The van der Waals surface area contributed by atoms with Gasteiger partial charge >= 0.3 is 0 Å². The lowest BCUT2D eigenvalue weighted by atomic mass is 10.00. The van der Waals surface area contributed by atoms with E-state index in [0.29, 0.717) is 17.5 Å². The Hall–Kier alpha value is -6.85. The molecule has 0 amide bonds. The summed E-state index contributed by atoms with van der Waals surface area (Å²) >= 11 is 0. The van der Waals surface area contributed by atoms with Gasteiger partial charge in [0, 0.05) is 49.9 Å². The van der Waals surface area contributed by atoms with Gasteiger partial charge in [-0.1, -0.05) is 141 Å². The summed E-state index contributed by atoms with van der Waals surface area (Å²) in [6.07, 6.45) is 5.52. The zero-order valence-corrected chi connectivity index (χ0v) is 27.0. The van der Waals surface area contributed by atoms with Gasteiger partial charge in [-0.25, -0.2) is 15.0 Å². The molecule has 0 spiro atoms. The van der Waals surface area contributed by atoms with Crippen molar-refractivity contribution in [1.82, 2.24) is 15.0 Å². The summed E-state index contributed by atoms with van der Waals surface area (Å²) in [4.78, 5) is 14.9. The van der Waals surface area contributed by atoms with E-state index in [1.165, 1.54) is 0 Å². The Labute approximate surface area is 288 Å². The summed E-state index contributed by atoms with van der Waals surface area (Å²) in [5.41, 5.74) is 9.98. The highest BCUT2D eigenvalue weighted by molar-refractivity contribution is 6.16. The lowest BCUT2D eigenvalue weighted by Crippen LogP contribution is -2.00. The summed E-state index contributed by atoms with van der Waals surface area (Å²) in [6.45, 7) is 7.77. The second-order valence-electron chi connectivity index (χ2n) is 12.1. The van der Waals surface area contributed by atoms with E-state index in [0.717, 1.165) is 82.8 Å². The number of hydrogen-bond acceptors (Lipinski definition) is 5. The number of rotatable bonds is 7. The van der Waals surface area contributed by atoms with Crippen molar-refractivity contribution in [2.24, 2.45) is 0 Å². The van der Waals surface area contributed by atoms with E-state index in [1.54, 1.807) is 6.08 Å². The van der Waals surface area contributed by atoms with Crippen molar-refractivity contribution >= 4 is 49.5 Å². The Morgan fingerprint density at radius 3 is 1.88 bits per heavy atom. The minimum absolute atomic E-state index is 0.585. The lowest BCUT2D eigenvalue weighted by Gasteiger charge is -2.10. The van der Waals surface area contributed by atoms with Crippen molar-refractivity contribution in [3.8, 4) is 45.3 Å². The maximum atomic E-state index is 6.57. The average molecular weight is 644 g/mol. The van der Waals surface area contributed by atoms with Gasteiger partial charge < -0.3 is 8.83 Å². The Morgan fingerprint density at radius 2 is 1.10 bits per heavy atom. The van der Waals surface area contributed by atoms with Crippen molar-refractivity contribution < 1.29 is 8.83 Å². The number of nitrogens with zero attached hydrogens (tertiary/aromatic N) is 3. The van der Waals surface area contributed by atoms with Gasteiger partial charge in [0.25, 0.3) is 0 Å². The van der Waals surface area contributed by atoms with Gasteiger partial charge in [0.1, 0.15) is 22.3 Å². The maximum Gasteiger partial charge on any atom is 0.164 e. The zero-order valence-electron chi connectivity index (χ0n) is 27.0. The van der Waals surface area contributed by atoms with Crippen molar-refractivity contribution in [2.45, 2.75) is 0 Å². The molecule has 236 valence electrons. The first-order valence-electron chi connectivity index (χ1n) is 16.4. The molecular weight excluding hydrogens is 615 g/mol. The van der Waals surface area contributed by atoms with Crippen molar-refractivity contribution in [2.75, 3.05) is 0 Å². The largest absolute Gasteiger partial charge is 0.456 e. The Bertz CT molecular complexity index is 2790. The van der Waals surface area contributed by atoms with E-state index in [-0.39, 0.29) is 0 Å². The van der Waals surface area contributed by atoms with Crippen LogP contribution in [0.2, 0.25) is 0 Å². The third kappa shape index (κ3) is 5.00. The molecule has 0 aliphatic heterocycles. The second-order valence-corrected chi connectivity index (χ2v) is 12.1. The van der Waals surface area contributed by atoms with Crippen LogP contribution in [0.25, 0.3) is 94.7 Å². The van der Waals surface area contributed by atoms with E-state index in [2.05, 4.69) is 55.6 Å². The number of benzene rings is 6. The molecule has 0 saturated carbocycles. The number of aromatic nitrogens is 3. The van der Waals surface area contributed by atoms with E-state index in [1.807, 2.05) is 103 Å². The summed E-state index contributed by atoms with van der Waals surface area (Å²) in [5.74, 6) is 1.78. The van der Waals surface area contributed by atoms with Crippen LogP contribution in [0.15, 0.2) is 174 Å². The topological polar surface area (TPSA) is 65.0 Å². The lowest BCUT2D eigenvalue weighted by molar-refractivity contribution is 0.656. The first-order chi connectivity index (χ1) is 24.7. The molecule has 0 fully saturated rings. The molecule has 0 unspecified atom stereocenters. The van der Waals surface area contributed by atoms with Gasteiger partial charge in [-0.05, 0) is 34.9 Å². The Morgan fingerprint density at radius 1 is 0.480 bits per heavy atom. The summed E-state index contributed by atoms with van der Waals surface area (Å²) < 4.78 is 12.7. The molecular formula is C45H29N3O2. The van der Waals surface area contributed by atoms with Crippen LogP contribution in [0.5, 0.6) is 0 Å². The smallest absolute Gasteiger partial charge is 0.164 e.